The van der Waals surface area contributed by atoms with Gasteiger partial charge in [-0.2, -0.15) is 0 Å². The molecule has 9 heteroatoms. The summed E-state index contributed by atoms with van der Waals surface area (Å²) in [6.07, 6.45) is 0.678. The Hall–Kier alpha value is -2.03. The second-order valence-electron chi connectivity index (χ2n) is 7.11. The van der Waals surface area contributed by atoms with Crippen LogP contribution in [-0.4, -0.2) is 36.6 Å². The van der Waals surface area contributed by atoms with Gasteiger partial charge < -0.3 is 14.6 Å². The molecule has 29 heavy (non-hydrogen) atoms. The van der Waals surface area contributed by atoms with E-state index < -0.39 is 9.84 Å². The van der Waals surface area contributed by atoms with Crippen LogP contribution in [0.3, 0.4) is 0 Å². The Morgan fingerprint density at radius 1 is 1.28 bits per heavy atom. The van der Waals surface area contributed by atoms with Gasteiger partial charge in [0.15, 0.2) is 15.0 Å². The predicted molar refractivity (Wildman–Crippen MR) is 121 cm³/mol. The molecule has 156 valence electrons. The molecule has 1 aliphatic heterocycles. The highest BCUT2D eigenvalue weighted by molar-refractivity contribution is 7.91. The Labute approximate surface area is 181 Å². The van der Waals surface area contributed by atoms with Gasteiger partial charge in [-0.1, -0.05) is 6.07 Å². The number of nitrogens with zero attached hydrogens (tertiary/aromatic N) is 2. The summed E-state index contributed by atoms with van der Waals surface area (Å²) in [6.45, 7) is 4.07. The molecule has 1 saturated heterocycles. The molecule has 1 N–H and O–H groups in total. The van der Waals surface area contributed by atoms with E-state index in [-0.39, 0.29) is 30.0 Å². The topological polar surface area (TPSA) is 73.2 Å². The van der Waals surface area contributed by atoms with Gasteiger partial charge >= 0.3 is 0 Å². The summed E-state index contributed by atoms with van der Waals surface area (Å²) in [5.74, 6) is 1.29. The first-order valence-electron chi connectivity index (χ1n) is 9.12. The van der Waals surface area contributed by atoms with Crippen LogP contribution in [0.1, 0.15) is 23.9 Å². The van der Waals surface area contributed by atoms with E-state index in [1.54, 1.807) is 18.4 Å². The fourth-order valence-electron chi connectivity index (χ4n) is 3.86. The number of thiazole rings is 1. The molecule has 0 bridgehead atoms. The zero-order valence-electron chi connectivity index (χ0n) is 16.5. The normalized spacial score (nSPS) is 17.7. The van der Waals surface area contributed by atoms with Crippen molar-refractivity contribution in [3.63, 3.8) is 0 Å². The minimum atomic E-state index is -2.92. The smallest absolute Gasteiger partial charge is 0.187 e. The number of ether oxygens (including phenoxy) is 1. The molecule has 0 saturated carbocycles. The average Bonchev–Trinajstić information content (AvgIpc) is 3.33. The van der Waals surface area contributed by atoms with Crippen molar-refractivity contribution in [2.75, 3.05) is 23.9 Å². The van der Waals surface area contributed by atoms with Gasteiger partial charge in [-0.3, -0.25) is 0 Å². The maximum atomic E-state index is 11.9. The fourth-order valence-corrected chi connectivity index (χ4v) is 6.29. The summed E-state index contributed by atoms with van der Waals surface area (Å²) >= 11 is 1.54. The number of anilines is 2. The summed E-state index contributed by atoms with van der Waals surface area (Å²) < 4.78 is 31.2. The van der Waals surface area contributed by atoms with Crippen LogP contribution in [0.4, 0.5) is 10.8 Å². The van der Waals surface area contributed by atoms with Gasteiger partial charge in [0.2, 0.25) is 0 Å². The van der Waals surface area contributed by atoms with Gasteiger partial charge in [0.25, 0.3) is 0 Å². The molecule has 0 radical (unpaired) electrons. The number of hydrogen-bond acceptors (Lipinski definition) is 6. The molecule has 1 aromatic carbocycles. The highest BCUT2D eigenvalue weighted by atomic mass is 35.5. The molecule has 4 rings (SSSR count). The van der Waals surface area contributed by atoms with Crippen molar-refractivity contribution >= 4 is 44.4 Å². The number of aryl methyl sites for hydroxylation is 1. The number of hydrogen-bond donors (Lipinski definition) is 1. The number of benzene rings is 1. The Bertz CT molecular complexity index is 1120. The summed E-state index contributed by atoms with van der Waals surface area (Å²) in [4.78, 5) is 4.74. The number of methoxy groups -OCH3 is 1. The van der Waals surface area contributed by atoms with Crippen molar-refractivity contribution in [1.29, 1.82) is 0 Å². The van der Waals surface area contributed by atoms with Gasteiger partial charge in [0.1, 0.15) is 5.75 Å². The molecule has 1 aliphatic rings. The van der Waals surface area contributed by atoms with Gasteiger partial charge in [-0.15, -0.1) is 23.7 Å². The molecule has 1 fully saturated rings. The molecule has 1 atom stereocenters. The predicted octanol–water partition coefficient (Wildman–Crippen LogP) is 4.76. The zero-order valence-corrected chi connectivity index (χ0v) is 19.0. The van der Waals surface area contributed by atoms with Gasteiger partial charge in [0, 0.05) is 40.1 Å². The highest BCUT2D eigenvalue weighted by Gasteiger charge is 2.31. The minimum absolute atomic E-state index is 0. The Morgan fingerprint density at radius 3 is 2.76 bits per heavy atom. The molecule has 2 aromatic heterocycles. The number of halogens is 1. The number of nitrogens with one attached hydrogen (secondary N) is 1. The van der Waals surface area contributed by atoms with E-state index in [2.05, 4.69) is 16.0 Å². The standard InChI is InChI=1S/C20H23N3O3S2.ClH/c1-13-9-18(14(2)23(13)16-7-8-28(24,25)12-16)19-11-27-20(22-19)21-15-5-4-6-17(10-15)26-3;/h4-6,9-11,16H,7-8,12H2,1-3H3,(H,21,22);1H. The first kappa shape index (κ1) is 21.7. The largest absolute Gasteiger partial charge is 0.497 e. The van der Waals surface area contributed by atoms with Gasteiger partial charge in [-0.25, -0.2) is 13.4 Å². The summed E-state index contributed by atoms with van der Waals surface area (Å²) in [5, 5.41) is 6.15. The lowest BCUT2D eigenvalue weighted by molar-refractivity contribution is 0.415. The third-order valence-corrected chi connectivity index (χ3v) is 7.67. The van der Waals surface area contributed by atoms with E-state index in [4.69, 9.17) is 9.72 Å². The Morgan fingerprint density at radius 2 is 2.07 bits per heavy atom. The van der Waals surface area contributed by atoms with Crippen molar-refractivity contribution in [2.24, 2.45) is 0 Å². The molecule has 3 aromatic rings. The summed E-state index contributed by atoms with van der Waals surface area (Å²) in [5.41, 5.74) is 5.01. The molecule has 1 unspecified atom stereocenters. The van der Waals surface area contributed by atoms with Gasteiger partial charge in [-0.05, 0) is 38.5 Å². The molecular weight excluding hydrogens is 430 g/mol. The van der Waals surface area contributed by atoms with E-state index in [0.717, 1.165) is 39.2 Å². The van der Waals surface area contributed by atoms with E-state index in [9.17, 15) is 8.42 Å². The van der Waals surface area contributed by atoms with Crippen molar-refractivity contribution in [2.45, 2.75) is 26.3 Å². The molecule has 0 spiro atoms. The molecule has 0 aliphatic carbocycles. The lowest BCUT2D eigenvalue weighted by atomic mass is 10.2. The van der Waals surface area contributed by atoms with E-state index in [0.29, 0.717) is 6.42 Å². The lowest BCUT2D eigenvalue weighted by Crippen LogP contribution is -2.13. The van der Waals surface area contributed by atoms with E-state index in [1.807, 2.05) is 43.5 Å². The van der Waals surface area contributed by atoms with Crippen molar-refractivity contribution in [3.05, 3.63) is 47.1 Å². The summed E-state index contributed by atoms with van der Waals surface area (Å²) in [6, 6.07) is 9.84. The summed E-state index contributed by atoms with van der Waals surface area (Å²) in [7, 11) is -1.28. The average molecular weight is 454 g/mol. The van der Waals surface area contributed by atoms with E-state index in [1.165, 1.54) is 0 Å². The SMILES string of the molecule is COc1cccc(Nc2nc(-c3cc(C)n(C4CCS(=O)(=O)C4)c3C)cs2)c1.Cl. The first-order chi connectivity index (χ1) is 13.4. The number of rotatable bonds is 5. The zero-order chi connectivity index (χ0) is 19.9. The van der Waals surface area contributed by atoms with Gasteiger partial charge in [0.05, 0.1) is 24.3 Å². The van der Waals surface area contributed by atoms with Crippen LogP contribution in [0.2, 0.25) is 0 Å². The second kappa shape index (κ2) is 8.38. The van der Waals surface area contributed by atoms with Crippen molar-refractivity contribution < 1.29 is 13.2 Å². The Kier molecular flexibility index (Phi) is 6.26. The van der Waals surface area contributed by atoms with Crippen LogP contribution in [0.25, 0.3) is 11.3 Å². The first-order valence-corrected chi connectivity index (χ1v) is 11.8. The third-order valence-electron chi connectivity index (χ3n) is 5.16. The van der Waals surface area contributed by atoms with Crippen LogP contribution in [0, 0.1) is 13.8 Å². The lowest BCUT2D eigenvalue weighted by Gasteiger charge is -2.16. The monoisotopic (exact) mass is 453 g/mol. The fraction of sp³-hybridized carbons (Fsp3) is 0.350. The molecule has 3 heterocycles. The number of aromatic nitrogens is 2. The van der Waals surface area contributed by atoms with Crippen LogP contribution < -0.4 is 10.1 Å². The van der Waals surface area contributed by atoms with Crippen molar-refractivity contribution in [3.8, 4) is 17.0 Å². The highest BCUT2D eigenvalue weighted by Crippen LogP contribution is 2.35. The molecular formula is C20H24ClN3O3S2. The Balaban J connectivity index is 0.00000240. The quantitative estimate of drug-likeness (QED) is 0.602. The van der Waals surface area contributed by atoms with Crippen LogP contribution in [0.15, 0.2) is 35.7 Å². The maximum absolute atomic E-state index is 11.9. The van der Waals surface area contributed by atoms with Crippen molar-refractivity contribution in [1.82, 2.24) is 9.55 Å². The van der Waals surface area contributed by atoms with Crippen LogP contribution in [-0.2, 0) is 9.84 Å². The number of sulfone groups is 1. The maximum Gasteiger partial charge on any atom is 0.187 e. The molecule has 6 nitrogen and oxygen atoms in total. The van der Waals surface area contributed by atoms with E-state index >= 15 is 0 Å². The second-order valence-corrected chi connectivity index (χ2v) is 10.2. The van der Waals surface area contributed by atoms with Crippen LogP contribution in [0.5, 0.6) is 5.75 Å². The third kappa shape index (κ3) is 4.44. The molecule has 0 amide bonds. The van der Waals surface area contributed by atoms with Crippen LogP contribution >= 0.6 is 23.7 Å². The minimum Gasteiger partial charge on any atom is -0.497 e.